The highest BCUT2D eigenvalue weighted by Gasteiger charge is 2.68. The van der Waals surface area contributed by atoms with E-state index in [4.69, 9.17) is 37.9 Å². The average Bonchev–Trinajstić information content (AvgIpc) is 3.67. The maximum absolute atomic E-state index is 12.2. The lowest BCUT2D eigenvalue weighted by molar-refractivity contribution is -0.360. The van der Waals surface area contributed by atoms with Gasteiger partial charge in [-0.2, -0.15) is 0 Å². The number of ether oxygens (including phenoxy) is 8. The van der Waals surface area contributed by atoms with Crippen LogP contribution in [0.25, 0.3) is 0 Å². The number of fused-ring (bicyclic) bond motifs is 8. The Morgan fingerprint density at radius 1 is 0.887 bits per heavy atom. The third-order valence-electron chi connectivity index (χ3n) is 15.2. The Balaban J connectivity index is 0.951. The molecule has 17 atom stereocenters. The molecule has 4 heterocycles. The summed E-state index contributed by atoms with van der Waals surface area (Å²) in [4.78, 5) is 36.0. The lowest BCUT2D eigenvalue weighted by Crippen LogP contribution is -2.60. The van der Waals surface area contributed by atoms with Crippen molar-refractivity contribution in [2.45, 2.75) is 168 Å². The highest BCUT2D eigenvalue weighted by molar-refractivity contribution is 5.68. The number of carbonyl (C=O) groups excluding carboxylic acids is 3. The van der Waals surface area contributed by atoms with Gasteiger partial charge in [-0.3, -0.25) is 24.4 Å². The van der Waals surface area contributed by atoms with E-state index in [1.54, 1.807) is 6.92 Å². The molecule has 0 aromatic heterocycles. The molecule has 1 spiro atoms. The van der Waals surface area contributed by atoms with Crippen molar-refractivity contribution in [3.05, 3.63) is 11.6 Å². The lowest BCUT2D eigenvalue weighted by atomic mass is 9.47. The van der Waals surface area contributed by atoms with Gasteiger partial charge in [-0.15, -0.1) is 0 Å². The summed E-state index contributed by atoms with van der Waals surface area (Å²) in [5.41, 5.74) is 1.77. The van der Waals surface area contributed by atoms with E-state index >= 15 is 0 Å². The summed E-state index contributed by atoms with van der Waals surface area (Å²) < 4.78 is 49.0. The minimum absolute atomic E-state index is 0.119. The van der Waals surface area contributed by atoms with Crippen molar-refractivity contribution in [1.29, 1.82) is 0 Å². The molecule has 1 N–H and O–H groups in total. The summed E-state index contributed by atoms with van der Waals surface area (Å²) in [7, 11) is 0. The molecule has 0 unspecified atom stereocenters. The highest BCUT2D eigenvalue weighted by atomic mass is 16.9. The van der Waals surface area contributed by atoms with Crippen molar-refractivity contribution in [2.75, 3.05) is 13.2 Å². The van der Waals surface area contributed by atoms with Crippen LogP contribution in [0.2, 0.25) is 0 Å². The first-order valence-corrected chi connectivity index (χ1v) is 20.3. The van der Waals surface area contributed by atoms with E-state index in [9.17, 15) is 14.4 Å². The minimum Gasteiger partial charge on any atom is -0.463 e. The molecule has 7 fully saturated rings. The van der Waals surface area contributed by atoms with Gasteiger partial charge in [0.15, 0.2) is 24.6 Å². The van der Waals surface area contributed by atoms with Gasteiger partial charge in [-0.25, -0.2) is 0 Å². The van der Waals surface area contributed by atoms with E-state index in [0.717, 1.165) is 38.6 Å². The third kappa shape index (κ3) is 6.39. The summed E-state index contributed by atoms with van der Waals surface area (Å²) in [6.07, 6.45) is 7.53. The normalized spacial score (nSPS) is 51.2. The van der Waals surface area contributed by atoms with Crippen LogP contribution in [0.15, 0.2) is 11.6 Å². The van der Waals surface area contributed by atoms with E-state index < -0.39 is 54.6 Å². The largest absolute Gasteiger partial charge is 0.463 e. The van der Waals surface area contributed by atoms with Gasteiger partial charge < -0.3 is 33.2 Å². The molecule has 12 heteroatoms. The maximum atomic E-state index is 12.2. The number of rotatable bonds is 6. The maximum Gasteiger partial charge on any atom is 0.303 e. The van der Waals surface area contributed by atoms with Crippen LogP contribution in [0.1, 0.15) is 113 Å². The van der Waals surface area contributed by atoms with E-state index in [0.29, 0.717) is 47.0 Å². The van der Waals surface area contributed by atoms with Gasteiger partial charge in [0.1, 0.15) is 18.4 Å². The summed E-state index contributed by atoms with van der Waals surface area (Å²) in [6, 6.07) is 0. The van der Waals surface area contributed by atoms with Crippen molar-refractivity contribution in [1.82, 2.24) is 5.32 Å². The van der Waals surface area contributed by atoms with Crippen LogP contribution >= 0.6 is 0 Å². The Morgan fingerprint density at radius 3 is 2.34 bits per heavy atom. The smallest absolute Gasteiger partial charge is 0.303 e. The molecule has 0 aromatic rings. The topological polar surface area (TPSA) is 137 Å². The average molecular weight is 744 g/mol. The van der Waals surface area contributed by atoms with Crippen LogP contribution in [0.3, 0.4) is 0 Å². The number of nitrogens with one attached hydrogen (secondary N) is 1. The van der Waals surface area contributed by atoms with Gasteiger partial charge in [0.25, 0.3) is 5.97 Å². The molecule has 4 saturated heterocycles. The molecule has 12 nitrogen and oxygen atoms in total. The number of carbonyl (C=O) groups is 3. The van der Waals surface area contributed by atoms with E-state index in [2.05, 4.69) is 39.1 Å². The van der Waals surface area contributed by atoms with Crippen molar-refractivity contribution < 1.29 is 52.3 Å². The summed E-state index contributed by atoms with van der Waals surface area (Å²) >= 11 is 0. The molecule has 0 radical (unpaired) electrons. The van der Waals surface area contributed by atoms with Gasteiger partial charge in [0.05, 0.1) is 12.2 Å². The number of hydrogen-bond donors (Lipinski definition) is 1. The standard InChI is InChI=1S/C41H61NO11/c1-21-11-16-41(42-19-21)22(2)33-31(51-41)18-30-28-10-9-26-17-27(12-14-38(26,6)29(28)13-15-39(30,33)7)50-40(8)52-36-35(48-25(5)45)34(47-24(4)44)32(20-46-23(3)43)49-37(36)53-40/h9,21-22,27-37,42H,10-20H2,1-8H3/t21-,22-,27+,28+,29-,30-,31-,32+,33-,34+,35-,36+,37+,38-,39-,40+,41-/m0/s1. The molecule has 3 saturated carbocycles. The van der Waals surface area contributed by atoms with Crippen LogP contribution in [0, 0.1) is 46.3 Å². The predicted octanol–water partition coefficient (Wildman–Crippen LogP) is 5.55. The van der Waals surface area contributed by atoms with Crippen LogP contribution in [0.5, 0.6) is 0 Å². The molecule has 4 aliphatic carbocycles. The van der Waals surface area contributed by atoms with Gasteiger partial charge in [-0.1, -0.05) is 39.3 Å². The Bertz CT molecular complexity index is 1490. The van der Waals surface area contributed by atoms with Crippen molar-refractivity contribution in [2.24, 2.45) is 46.3 Å². The van der Waals surface area contributed by atoms with Gasteiger partial charge >= 0.3 is 17.9 Å². The molecule has 8 aliphatic rings. The number of allylic oxidation sites excluding steroid dienone is 1. The molecule has 296 valence electrons. The number of piperidine rings is 1. The van der Waals surface area contributed by atoms with Crippen molar-refractivity contribution in [3.8, 4) is 0 Å². The van der Waals surface area contributed by atoms with E-state index in [1.165, 1.54) is 52.0 Å². The molecular formula is C41H61NO11. The third-order valence-corrected chi connectivity index (χ3v) is 15.2. The van der Waals surface area contributed by atoms with Crippen molar-refractivity contribution >= 4 is 17.9 Å². The predicted molar refractivity (Wildman–Crippen MR) is 189 cm³/mol. The zero-order valence-electron chi connectivity index (χ0n) is 32.9. The second-order valence-electron chi connectivity index (χ2n) is 18.5. The molecule has 0 amide bonds. The molecule has 0 bridgehead atoms. The second kappa shape index (κ2) is 13.5. The van der Waals surface area contributed by atoms with Crippen LogP contribution in [-0.2, 0) is 52.3 Å². The van der Waals surface area contributed by atoms with Gasteiger partial charge in [-0.05, 0) is 98.2 Å². The molecule has 8 rings (SSSR count). The number of hydrogen-bond acceptors (Lipinski definition) is 12. The first-order valence-electron chi connectivity index (χ1n) is 20.3. The first-order chi connectivity index (χ1) is 25.0. The highest BCUT2D eigenvalue weighted by Crippen LogP contribution is 2.70. The number of esters is 3. The fraction of sp³-hybridized carbons (Fsp3) is 0.878. The zero-order valence-corrected chi connectivity index (χ0v) is 32.9. The quantitative estimate of drug-likeness (QED) is 0.208. The SMILES string of the molecule is CC(=O)OC[C@H]1O[C@@H]2O[C@](C)(O[C@@H]3CC[C@@]4(C)C(=CC[C@H]5[C@@H]6C[C@@H]7O[C@@]8(CC[C@H](C)CN8)[C@@H](C)[C@@H]7[C@@]6(C)CC[C@@H]54)C3)O[C@@H]2[C@@H](OC(C)=O)[C@@H]1OC(C)=O. The lowest BCUT2D eigenvalue weighted by Gasteiger charge is -2.58. The minimum atomic E-state index is -1.51. The fourth-order valence-electron chi connectivity index (χ4n) is 12.9. The Morgan fingerprint density at radius 2 is 1.64 bits per heavy atom. The zero-order chi connectivity index (χ0) is 37.7. The van der Waals surface area contributed by atoms with E-state index in [-0.39, 0.29) is 23.9 Å². The fourth-order valence-corrected chi connectivity index (χ4v) is 12.9. The Kier molecular flexibility index (Phi) is 9.66. The van der Waals surface area contributed by atoms with Crippen LogP contribution < -0.4 is 5.32 Å². The Labute approximate surface area is 314 Å². The summed E-state index contributed by atoms with van der Waals surface area (Å²) in [5, 5.41) is 3.89. The van der Waals surface area contributed by atoms with E-state index in [1.807, 2.05) is 0 Å². The Hall–Kier alpha value is -2.09. The van der Waals surface area contributed by atoms with Crippen molar-refractivity contribution in [3.63, 3.8) is 0 Å². The van der Waals surface area contributed by atoms with Crippen LogP contribution in [0.4, 0.5) is 0 Å². The molecule has 53 heavy (non-hydrogen) atoms. The van der Waals surface area contributed by atoms with Gasteiger partial charge in [0, 0.05) is 40.2 Å². The van der Waals surface area contributed by atoms with Gasteiger partial charge in [0.2, 0.25) is 0 Å². The monoisotopic (exact) mass is 743 g/mol. The summed E-state index contributed by atoms with van der Waals surface area (Å²) in [6.45, 7) is 16.3. The van der Waals surface area contributed by atoms with Crippen LogP contribution in [-0.4, -0.2) is 85.7 Å². The summed E-state index contributed by atoms with van der Waals surface area (Å²) in [5.74, 6) is 0.612. The molecule has 0 aromatic carbocycles. The molecule has 4 aliphatic heterocycles. The molecular weight excluding hydrogens is 682 g/mol. The second-order valence-corrected chi connectivity index (χ2v) is 18.5. The first kappa shape index (κ1) is 37.8.